The second-order valence-electron chi connectivity index (χ2n) is 8.98. The molecule has 2 saturated carbocycles. The van der Waals surface area contributed by atoms with Crippen LogP contribution in [0.2, 0.25) is 0 Å². The summed E-state index contributed by atoms with van der Waals surface area (Å²) in [5.74, 6) is 0.0249. The molecular formula is C21H26FNO2. The van der Waals surface area contributed by atoms with Crippen LogP contribution in [-0.4, -0.2) is 17.7 Å². The molecule has 2 fully saturated rings. The van der Waals surface area contributed by atoms with Crippen molar-refractivity contribution in [3.63, 3.8) is 0 Å². The summed E-state index contributed by atoms with van der Waals surface area (Å²) in [5.41, 5.74) is 0.323. The summed E-state index contributed by atoms with van der Waals surface area (Å²) in [4.78, 5) is 28.4. The van der Waals surface area contributed by atoms with Crippen LogP contribution in [0.25, 0.3) is 0 Å². The molecule has 0 saturated heterocycles. The van der Waals surface area contributed by atoms with Crippen molar-refractivity contribution in [1.82, 2.24) is 0 Å². The third kappa shape index (κ3) is 1.86. The number of anilines is 1. The number of benzene rings is 1. The van der Waals surface area contributed by atoms with Gasteiger partial charge in [-0.05, 0) is 61.8 Å². The molecule has 3 aliphatic rings. The number of Topliss-reactive ketones (excluding diaryl/α,β-unsaturated/α-hetero) is 1. The quantitative estimate of drug-likeness (QED) is 0.763. The highest BCUT2D eigenvalue weighted by atomic mass is 19.1. The van der Waals surface area contributed by atoms with Crippen molar-refractivity contribution in [2.75, 3.05) is 4.90 Å². The minimum atomic E-state index is -0.629. The van der Waals surface area contributed by atoms with Gasteiger partial charge in [0.15, 0.2) is 0 Å². The molecule has 25 heavy (non-hydrogen) atoms. The molecule has 3 atom stereocenters. The van der Waals surface area contributed by atoms with Crippen LogP contribution in [0.3, 0.4) is 0 Å². The van der Waals surface area contributed by atoms with E-state index >= 15 is 0 Å². The summed E-state index contributed by atoms with van der Waals surface area (Å²) >= 11 is 0. The van der Waals surface area contributed by atoms with Gasteiger partial charge in [0.25, 0.3) is 0 Å². The van der Waals surface area contributed by atoms with Gasteiger partial charge in [-0.25, -0.2) is 4.39 Å². The number of hydrogen-bond acceptors (Lipinski definition) is 2. The van der Waals surface area contributed by atoms with Crippen LogP contribution in [0.1, 0.15) is 58.9 Å². The van der Waals surface area contributed by atoms with Crippen LogP contribution >= 0.6 is 0 Å². The van der Waals surface area contributed by atoms with E-state index in [1.165, 1.54) is 6.07 Å². The minimum absolute atomic E-state index is 0.0622. The van der Waals surface area contributed by atoms with E-state index in [1.807, 2.05) is 11.8 Å². The van der Waals surface area contributed by atoms with Crippen molar-refractivity contribution in [1.29, 1.82) is 0 Å². The first-order valence-electron chi connectivity index (χ1n) is 9.29. The lowest BCUT2D eigenvalue weighted by Gasteiger charge is -2.45. The Morgan fingerprint density at radius 2 is 1.96 bits per heavy atom. The normalized spacial score (nSPS) is 35.8. The van der Waals surface area contributed by atoms with Crippen molar-refractivity contribution in [2.45, 2.75) is 65.8 Å². The molecule has 4 heteroatoms. The van der Waals surface area contributed by atoms with Gasteiger partial charge in [-0.2, -0.15) is 0 Å². The van der Waals surface area contributed by atoms with Crippen LogP contribution in [0, 0.1) is 22.1 Å². The Balaban J connectivity index is 1.81. The number of carbonyl (C=O) groups excluding carboxylic acids is 2. The standard InChI is InChI=1S/C21H26FNO2/c1-13-5-6-14-11-15(22)7-8-16(14)23(13)18(25)21-10-9-20(4,17(24)12-21)19(21,2)3/h7-8,11,13H,5-6,9-10,12H2,1-4H3. The Morgan fingerprint density at radius 1 is 1.24 bits per heavy atom. The van der Waals surface area contributed by atoms with E-state index in [-0.39, 0.29) is 29.0 Å². The first-order chi connectivity index (χ1) is 11.6. The summed E-state index contributed by atoms with van der Waals surface area (Å²) in [7, 11) is 0. The highest BCUT2D eigenvalue weighted by Crippen LogP contribution is 2.71. The Kier molecular flexibility index (Phi) is 3.30. The van der Waals surface area contributed by atoms with E-state index in [1.54, 1.807) is 12.1 Å². The van der Waals surface area contributed by atoms with Crippen molar-refractivity contribution in [2.24, 2.45) is 16.2 Å². The molecule has 0 spiro atoms. The monoisotopic (exact) mass is 343 g/mol. The lowest BCUT2D eigenvalue weighted by molar-refractivity contribution is -0.134. The number of amides is 1. The van der Waals surface area contributed by atoms with E-state index in [9.17, 15) is 14.0 Å². The molecule has 1 heterocycles. The van der Waals surface area contributed by atoms with Crippen molar-refractivity contribution in [3.8, 4) is 0 Å². The van der Waals surface area contributed by atoms with Gasteiger partial charge in [0, 0.05) is 23.6 Å². The van der Waals surface area contributed by atoms with Crippen molar-refractivity contribution < 1.29 is 14.0 Å². The van der Waals surface area contributed by atoms with Crippen molar-refractivity contribution >= 4 is 17.4 Å². The molecule has 2 aliphatic carbocycles. The lowest BCUT2D eigenvalue weighted by atomic mass is 9.64. The molecule has 1 aromatic carbocycles. The number of aryl methyl sites for hydroxylation is 1. The third-order valence-electron chi connectivity index (χ3n) is 7.91. The van der Waals surface area contributed by atoms with Crippen LogP contribution < -0.4 is 4.90 Å². The van der Waals surface area contributed by atoms with Crippen LogP contribution in [-0.2, 0) is 16.0 Å². The van der Waals surface area contributed by atoms with Crippen LogP contribution in [0.4, 0.5) is 10.1 Å². The number of hydrogen-bond donors (Lipinski definition) is 0. The zero-order chi connectivity index (χ0) is 18.2. The van der Waals surface area contributed by atoms with Crippen molar-refractivity contribution in [3.05, 3.63) is 29.6 Å². The van der Waals surface area contributed by atoms with Gasteiger partial charge >= 0.3 is 0 Å². The Labute approximate surface area is 148 Å². The molecule has 1 aliphatic heterocycles. The van der Waals surface area contributed by atoms with Gasteiger partial charge in [-0.15, -0.1) is 0 Å². The average Bonchev–Trinajstić information content (AvgIpc) is 2.85. The van der Waals surface area contributed by atoms with E-state index < -0.39 is 10.8 Å². The minimum Gasteiger partial charge on any atom is -0.309 e. The SMILES string of the molecule is CC1CCc2cc(F)ccc2N1C(=O)C12CCC(C)(C(=O)C1)C2(C)C. The van der Waals surface area contributed by atoms with Gasteiger partial charge < -0.3 is 4.90 Å². The highest BCUT2D eigenvalue weighted by molar-refractivity contribution is 6.06. The maximum Gasteiger partial charge on any atom is 0.234 e. The summed E-state index contributed by atoms with van der Waals surface area (Å²) in [6.45, 7) is 8.26. The fourth-order valence-corrected chi connectivity index (χ4v) is 5.59. The number of carbonyl (C=O) groups is 2. The van der Waals surface area contributed by atoms with Gasteiger partial charge in [-0.1, -0.05) is 20.8 Å². The molecule has 3 unspecified atom stereocenters. The molecule has 1 amide bonds. The molecular weight excluding hydrogens is 317 g/mol. The molecule has 0 radical (unpaired) electrons. The molecule has 3 nitrogen and oxygen atoms in total. The van der Waals surface area contributed by atoms with Crippen LogP contribution in [0.15, 0.2) is 18.2 Å². The average molecular weight is 343 g/mol. The number of ketones is 1. The lowest BCUT2D eigenvalue weighted by Crippen LogP contribution is -2.53. The largest absolute Gasteiger partial charge is 0.309 e. The third-order valence-corrected chi connectivity index (χ3v) is 7.91. The Bertz CT molecular complexity index is 786. The Morgan fingerprint density at radius 3 is 2.56 bits per heavy atom. The first kappa shape index (κ1) is 16.7. The fourth-order valence-electron chi connectivity index (χ4n) is 5.59. The molecule has 0 aromatic heterocycles. The van der Waals surface area contributed by atoms with E-state index in [0.29, 0.717) is 6.42 Å². The maximum atomic E-state index is 13.8. The second-order valence-corrected chi connectivity index (χ2v) is 8.98. The van der Waals surface area contributed by atoms with Gasteiger partial charge in [0.2, 0.25) is 5.91 Å². The van der Waals surface area contributed by atoms with Gasteiger partial charge in [0.1, 0.15) is 11.6 Å². The number of halogens is 1. The highest BCUT2D eigenvalue weighted by Gasteiger charge is 2.73. The zero-order valence-electron chi connectivity index (χ0n) is 15.5. The van der Waals surface area contributed by atoms with Gasteiger partial charge in [0.05, 0.1) is 5.41 Å². The topological polar surface area (TPSA) is 37.4 Å². The molecule has 4 rings (SSSR count). The predicted molar refractivity (Wildman–Crippen MR) is 94.8 cm³/mol. The van der Waals surface area contributed by atoms with E-state index in [0.717, 1.165) is 36.9 Å². The van der Waals surface area contributed by atoms with Gasteiger partial charge in [-0.3, -0.25) is 9.59 Å². The fraction of sp³-hybridized carbons (Fsp3) is 0.619. The van der Waals surface area contributed by atoms with Crippen LogP contribution in [0.5, 0.6) is 0 Å². The second kappa shape index (κ2) is 4.93. The molecule has 1 aromatic rings. The first-order valence-corrected chi connectivity index (χ1v) is 9.29. The van der Waals surface area contributed by atoms with E-state index in [2.05, 4.69) is 20.8 Å². The maximum absolute atomic E-state index is 13.8. The summed E-state index contributed by atoms with van der Waals surface area (Å²) in [6, 6.07) is 4.77. The Hall–Kier alpha value is -1.71. The summed E-state index contributed by atoms with van der Waals surface area (Å²) < 4.78 is 13.6. The molecule has 134 valence electrons. The number of rotatable bonds is 1. The van der Waals surface area contributed by atoms with E-state index in [4.69, 9.17) is 0 Å². The summed E-state index contributed by atoms with van der Waals surface area (Å²) in [5, 5.41) is 0. The predicted octanol–water partition coefficient (Wildman–Crippen LogP) is 4.28. The number of fused-ring (bicyclic) bond motifs is 3. The molecule has 2 bridgehead atoms. The number of nitrogens with zero attached hydrogens (tertiary/aromatic N) is 1. The molecule has 0 N–H and O–H groups in total. The zero-order valence-corrected chi connectivity index (χ0v) is 15.5. The smallest absolute Gasteiger partial charge is 0.234 e. The summed E-state index contributed by atoms with van der Waals surface area (Å²) in [6.07, 6.45) is 3.49.